The van der Waals surface area contributed by atoms with Crippen LogP contribution in [0.4, 0.5) is 8.78 Å². The van der Waals surface area contributed by atoms with Gasteiger partial charge in [-0.25, -0.2) is 13.8 Å². The van der Waals surface area contributed by atoms with Crippen molar-refractivity contribution in [1.29, 1.82) is 0 Å². The van der Waals surface area contributed by atoms with E-state index in [1.165, 1.54) is 22.8 Å². The predicted octanol–water partition coefficient (Wildman–Crippen LogP) is 5.15. The van der Waals surface area contributed by atoms with Gasteiger partial charge < -0.3 is 10.0 Å². The highest BCUT2D eigenvalue weighted by Crippen LogP contribution is 2.37. The number of phenols is 1. The molecule has 5 rings (SSSR count). The summed E-state index contributed by atoms with van der Waals surface area (Å²) >= 11 is 0. The van der Waals surface area contributed by atoms with Gasteiger partial charge in [-0.15, -0.1) is 0 Å². The molecule has 1 saturated heterocycles. The first kappa shape index (κ1) is 29.8. The van der Waals surface area contributed by atoms with Gasteiger partial charge >= 0.3 is 11.1 Å². The number of likely N-dealkylation sites (tertiary alicyclic amines) is 1. The summed E-state index contributed by atoms with van der Waals surface area (Å²) in [7, 11) is 0. The molecule has 1 aliphatic heterocycles. The van der Waals surface area contributed by atoms with Gasteiger partial charge in [0.25, 0.3) is 0 Å². The second-order valence-corrected chi connectivity index (χ2v) is 11.4. The van der Waals surface area contributed by atoms with Crippen LogP contribution in [0.2, 0.25) is 0 Å². The molecule has 0 unspecified atom stereocenters. The minimum Gasteiger partial charge on any atom is -0.507 e. The molecule has 11 heteroatoms. The van der Waals surface area contributed by atoms with E-state index in [4.69, 9.17) is 0 Å². The number of rotatable bonds is 5. The molecule has 3 aromatic heterocycles. The van der Waals surface area contributed by atoms with Crippen LogP contribution in [0.3, 0.4) is 0 Å². The molecule has 0 spiro atoms. The van der Waals surface area contributed by atoms with E-state index < -0.39 is 45.8 Å². The molecule has 43 heavy (non-hydrogen) atoms. The lowest BCUT2D eigenvalue weighted by Crippen LogP contribution is -2.52. The lowest BCUT2D eigenvalue weighted by Gasteiger charge is -2.43. The molecule has 1 amide bonds. The number of carbonyl (C=O) groups excluding carboxylic acids is 1. The number of hydrogen-bond acceptors (Lipinski definition) is 6. The summed E-state index contributed by atoms with van der Waals surface area (Å²) in [5, 5.41) is 10.5. The summed E-state index contributed by atoms with van der Waals surface area (Å²) in [6, 6.07) is 5.09. The molecule has 0 saturated carbocycles. The average Bonchev–Trinajstić information content (AvgIpc) is 2.94. The molecule has 1 aromatic carbocycles. The summed E-state index contributed by atoms with van der Waals surface area (Å²) in [6.45, 7) is 12.8. The monoisotopic (exact) mass is 589 g/mol. The fourth-order valence-electron chi connectivity index (χ4n) is 6.29. The summed E-state index contributed by atoms with van der Waals surface area (Å²) in [4.78, 5) is 51.2. The molecule has 0 bridgehead atoms. The molecule has 1 fully saturated rings. The van der Waals surface area contributed by atoms with Crippen molar-refractivity contribution in [3.8, 4) is 22.7 Å². The van der Waals surface area contributed by atoms with Crippen LogP contribution in [0.1, 0.15) is 63.8 Å². The van der Waals surface area contributed by atoms with Gasteiger partial charge in [0.05, 0.1) is 22.5 Å². The molecule has 0 radical (unpaired) electrons. The molecule has 1 N–H and O–H groups in total. The quantitative estimate of drug-likeness (QED) is 0.255. The van der Waals surface area contributed by atoms with E-state index in [0.29, 0.717) is 29.8 Å². The Morgan fingerprint density at radius 3 is 2.37 bits per heavy atom. The van der Waals surface area contributed by atoms with Crippen LogP contribution >= 0.6 is 0 Å². The Hall–Kier alpha value is -4.67. The number of aromatic hydroxyl groups is 1. The van der Waals surface area contributed by atoms with Gasteiger partial charge in [-0.2, -0.15) is 0 Å². The van der Waals surface area contributed by atoms with Crippen LogP contribution in [-0.2, 0) is 4.79 Å². The Morgan fingerprint density at radius 2 is 1.77 bits per heavy atom. The van der Waals surface area contributed by atoms with E-state index in [1.807, 2.05) is 27.7 Å². The minimum atomic E-state index is -0.987. The van der Waals surface area contributed by atoms with Gasteiger partial charge in [0, 0.05) is 30.4 Å². The highest BCUT2D eigenvalue weighted by molar-refractivity contribution is 5.87. The minimum absolute atomic E-state index is 0.0209. The highest BCUT2D eigenvalue weighted by atomic mass is 19.1. The van der Waals surface area contributed by atoms with Crippen LogP contribution in [0.5, 0.6) is 5.75 Å². The Kier molecular flexibility index (Phi) is 7.76. The zero-order chi connectivity index (χ0) is 31.3. The van der Waals surface area contributed by atoms with Crippen LogP contribution in [0.15, 0.2) is 58.8 Å². The van der Waals surface area contributed by atoms with Crippen LogP contribution in [0.25, 0.3) is 28.1 Å². The second-order valence-electron chi connectivity index (χ2n) is 11.4. The predicted molar refractivity (Wildman–Crippen MR) is 159 cm³/mol. The number of hydrogen-bond donors (Lipinski definition) is 1. The number of aromatic nitrogens is 4. The van der Waals surface area contributed by atoms with Gasteiger partial charge in [0.2, 0.25) is 5.91 Å². The Bertz CT molecular complexity index is 1870. The topological polar surface area (TPSA) is 110 Å². The molecular weight excluding hydrogens is 556 g/mol. The number of halogens is 2. The van der Waals surface area contributed by atoms with Crippen molar-refractivity contribution < 1.29 is 18.7 Å². The van der Waals surface area contributed by atoms with Crippen molar-refractivity contribution in [3.05, 3.63) is 92.8 Å². The number of piperidine rings is 1. The SMILES string of the molecule is C=CC(=O)N1[C@H](C)CC(n2c(=O)c(=O)n(-c3c(C)ccnc3C(C)C)c3nc(-c4c(O)cccc4F)c(F)cc32)C[C@H]1C. The second kappa shape index (κ2) is 11.2. The summed E-state index contributed by atoms with van der Waals surface area (Å²) in [5.41, 5.74) is -1.41. The molecule has 224 valence electrons. The maximum absolute atomic E-state index is 15.9. The number of benzene rings is 1. The lowest BCUT2D eigenvalue weighted by molar-refractivity contribution is -0.132. The Labute approximate surface area is 246 Å². The van der Waals surface area contributed by atoms with Gasteiger partial charge in [-0.3, -0.25) is 28.5 Å². The van der Waals surface area contributed by atoms with Crippen LogP contribution in [-0.4, -0.2) is 47.1 Å². The van der Waals surface area contributed by atoms with Gasteiger partial charge in [0.15, 0.2) is 11.5 Å². The van der Waals surface area contributed by atoms with E-state index in [-0.39, 0.29) is 35.1 Å². The number of phenolic OH excluding ortho intramolecular Hbond substituents is 1. The first-order chi connectivity index (χ1) is 20.4. The van der Waals surface area contributed by atoms with Crippen molar-refractivity contribution in [2.24, 2.45) is 0 Å². The Morgan fingerprint density at radius 1 is 1.09 bits per heavy atom. The van der Waals surface area contributed by atoms with E-state index in [1.54, 1.807) is 24.1 Å². The van der Waals surface area contributed by atoms with Crippen molar-refractivity contribution in [3.63, 3.8) is 0 Å². The van der Waals surface area contributed by atoms with Crippen molar-refractivity contribution in [2.75, 3.05) is 0 Å². The number of carbonyl (C=O) groups is 1. The summed E-state index contributed by atoms with van der Waals surface area (Å²) in [5.74, 6) is -2.84. The van der Waals surface area contributed by atoms with E-state index in [0.717, 1.165) is 16.7 Å². The van der Waals surface area contributed by atoms with E-state index >= 15 is 4.39 Å². The Balaban J connectivity index is 1.89. The number of nitrogens with zero attached hydrogens (tertiary/aromatic N) is 5. The summed E-state index contributed by atoms with van der Waals surface area (Å²) < 4.78 is 33.2. The molecule has 0 aliphatic carbocycles. The maximum Gasteiger partial charge on any atom is 0.322 e. The third-order valence-corrected chi connectivity index (χ3v) is 8.14. The van der Waals surface area contributed by atoms with Gasteiger partial charge in [0.1, 0.15) is 17.3 Å². The smallest absolute Gasteiger partial charge is 0.322 e. The molecule has 2 atom stereocenters. The highest BCUT2D eigenvalue weighted by Gasteiger charge is 2.36. The molecule has 4 heterocycles. The third kappa shape index (κ3) is 4.92. The van der Waals surface area contributed by atoms with Crippen molar-refractivity contribution in [2.45, 2.75) is 71.5 Å². The molecule has 4 aromatic rings. The largest absolute Gasteiger partial charge is 0.507 e. The van der Waals surface area contributed by atoms with E-state index in [2.05, 4.69) is 16.5 Å². The van der Waals surface area contributed by atoms with Crippen LogP contribution < -0.4 is 11.1 Å². The number of aryl methyl sites for hydroxylation is 1. The van der Waals surface area contributed by atoms with E-state index in [9.17, 15) is 23.9 Å². The zero-order valence-corrected chi connectivity index (χ0v) is 24.6. The zero-order valence-electron chi connectivity index (χ0n) is 24.6. The summed E-state index contributed by atoms with van der Waals surface area (Å²) in [6.07, 6.45) is 3.45. The number of pyridine rings is 2. The van der Waals surface area contributed by atoms with Gasteiger partial charge in [-0.1, -0.05) is 26.5 Å². The molecule has 1 aliphatic rings. The van der Waals surface area contributed by atoms with Crippen molar-refractivity contribution in [1.82, 2.24) is 24.0 Å². The molecule has 9 nitrogen and oxygen atoms in total. The fourth-order valence-corrected chi connectivity index (χ4v) is 6.29. The molecular formula is C32H33F2N5O4. The van der Waals surface area contributed by atoms with Gasteiger partial charge in [-0.05, 0) is 69.4 Å². The standard InChI is InChI=1S/C32H33F2N5O4/c1-7-25(41)37-18(5)13-20(14-19(37)6)38-23-15-22(34)28(26-21(33)9-8-10-24(26)40)36-30(23)39(32(43)31(38)42)29-17(4)11-12-35-27(29)16(2)3/h7-12,15-16,18-20,40H,1,13-14H2,2-6H3/t18-,19-/m1/s1. The first-order valence-electron chi connectivity index (χ1n) is 14.1. The normalized spacial score (nSPS) is 18.8. The number of amides is 1. The third-order valence-electron chi connectivity index (χ3n) is 8.14. The maximum atomic E-state index is 15.9. The van der Waals surface area contributed by atoms with Crippen LogP contribution in [0, 0.1) is 18.6 Å². The van der Waals surface area contributed by atoms with Crippen molar-refractivity contribution >= 4 is 17.1 Å². The lowest BCUT2D eigenvalue weighted by atomic mass is 9.92. The fraction of sp³-hybridized carbons (Fsp3) is 0.344. The first-order valence-corrected chi connectivity index (χ1v) is 14.1. The number of fused-ring (bicyclic) bond motifs is 1. The average molecular weight is 590 g/mol.